The molecule has 0 fully saturated rings. The molecule has 0 amide bonds. The molecule has 0 saturated heterocycles. The first-order valence-electron chi connectivity index (χ1n) is 13.6. The third kappa shape index (κ3) is 10.9. The van der Waals surface area contributed by atoms with Gasteiger partial charge in [0.05, 0.1) is 0 Å². The van der Waals surface area contributed by atoms with Crippen molar-refractivity contribution >= 4 is 151 Å². The highest BCUT2D eigenvalue weighted by Gasteiger charge is 2.35. The van der Waals surface area contributed by atoms with Crippen molar-refractivity contribution in [1.29, 1.82) is 0 Å². The summed E-state index contributed by atoms with van der Waals surface area (Å²) in [6.07, 6.45) is 4.20. The number of nitrogens with zero attached hydrogens (tertiary/aromatic N) is 7. The normalized spacial score (nSPS) is 12.8. The third-order valence-corrected chi connectivity index (χ3v) is 8.42. The number of aromatic nitrogens is 6. The molecule has 2 heterocycles. The van der Waals surface area contributed by atoms with Crippen LogP contribution >= 0.6 is 139 Å². The highest BCUT2D eigenvalue weighted by molar-refractivity contribution is 6.68. The highest BCUT2D eigenvalue weighted by atomic mass is 35.6. The van der Waals surface area contributed by atoms with Gasteiger partial charge in [-0.25, -0.2) is 29.9 Å². The Morgan fingerprint density at radius 1 is 0.447 bits per heavy atom. The van der Waals surface area contributed by atoms with Gasteiger partial charge in [0, 0.05) is 29.0 Å². The van der Waals surface area contributed by atoms with E-state index in [1.165, 1.54) is 0 Å². The summed E-state index contributed by atoms with van der Waals surface area (Å²) in [5.41, 5.74) is 2.92. The second-order valence-electron chi connectivity index (χ2n) is 9.91. The lowest BCUT2D eigenvalue weighted by Crippen LogP contribution is -2.19. The minimum absolute atomic E-state index is 0.161. The quantitative estimate of drug-likeness (QED) is 0.122. The summed E-state index contributed by atoms with van der Waals surface area (Å²) >= 11 is 72.6. The summed E-state index contributed by atoms with van der Waals surface area (Å²) in [5, 5.41) is 0. The van der Waals surface area contributed by atoms with Crippen molar-refractivity contribution in [3.63, 3.8) is 0 Å². The van der Waals surface area contributed by atoms with Crippen LogP contribution in [0.15, 0.2) is 48.5 Å². The molecule has 19 heteroatoms. The third-order valence-electron chi connectivity index (χ3n) is 6.39. The van der Waals surface area contributed by atoms with Crippen molar-refractivity contribution in [1.82, 2.24) is 29.9 Å². The lowest BCUT2D eigenvalue weighted by Gasteiger charge is -2.26. The van der Waals surface area contributed by atoms with E-state index in [1.807, 2.05) is 48.5 Å². The molecule has 2 aromatic heterocycles. The maximum absolute atomic E-state index is 6.05. The molecule has 4 rings (SSSR count). The van der Waals surface area contributed by atoms with E-state index < -0.39 is 15.2 Å². The first kappa shape index (κ1) is 39.5. The van der Waals surface area contributed by atoms with Crippen LogP contribution in [0.4, 0.5) is 11.4 Å². The molecule has 0 aliphatic rings. The second-order valence-corrected chi connectivity index (χ2v) is 19.0. The van der Waals surface area contributed by atoms with Gasteiger partial charge in [-0.15, -0.1) is 0 Å². The molecule has 0 saturated carbocycles. The van der Waals surface area contributed by atoms with Gasteiger partial charge in [0.2, 0.25) is 15.2 Å². The molecule has 0 radical (unpaired) electrons. The molecule has 0 unspecified atom stereocenters. The summed E-state index contributed by atoms with van der Waals surface area (Å²) < 4.78 is -7.90. The topological polar surface area (TPSA) is 80.6 Å². The van der Waals surface area contributed by atoms with Crippen LogP contribution < -0.4 is 4.90 Å². The molecule has 0 aliphatic heterocycles. The second kappa shape index (κ2) is 16.0. The van der Waals surface area contributed by atoms with Gasteiger partial charge >= 0.3 is 0 Å². The van der Waals surface area contributed by atoms with E-state index in [9.17, 15) is 0 Å². The Bertz CT molecular complexity index is 1480. The van der Waals surface area contributed by atoms with Crippen LogP contribution in [0.5, 0.6) is 0 Å². The minimum atomic E-state index is -1.98. The number of hydrogen-bond donors (Lipinski definition) is 0. The van der Waals surface area contributed by atoms with Gasteiger partial charge < -0.3 is 4.90 Å². The molecule has 0 spiro atoms. The Hall–Kier alpha value is -0.260. The first-order chi connectivity index (χ1) is 21.8. The Kier molecular flexibility index (Phi) is 13.4. The number of benzene rings is 2. The highest BCUT2D eigenvalue weighted by Crippen LogP contribution is 2.42. The average molecular weight is 881 g/mol. The van der Waals surface area contributed by atoms with Crippen molar-refractivity contribution in [2.45, 2.75) is 47.8 Å². The Labute approximate surface area is 331 Å². The molecule has 2 aromatic carbocycles. The van der Waals surface area contributed by atoms with Crippen LogP contribution in [0.25, 0.3) is 22.8 Å². The molecular weight excluding hydrogens is 860 g/mol. The summed E-state index contributed by atoms with van der Waals surface area (Å²) in [4.78, 5) is 27.4. The minimum Gasteiger partial charge on any atom is -0.341 e. The number of alkyl halides is 12. The number of hydrogen-bond acceptors (Lipinski definition) is 7. The first-order valence-corrected chi connectivity index (χ1v) is 18.1. The van der Waals surface area contributed by atoms with Crippen molar-refractivity contribution in [3.05, 3.63) is 71.8 Å². The van der Waals surface area contributed by atoms with E-state index in [1.54, 1.807) is 0 Å². The van der Waals surface area contributed by atoms with Crippen LogP contribution in [-0.4, -0.2) is 36.4 Å². The zero-order valence-corrected chi connectivity index (χ0v) is 32.9. The molecule has 4 aromatic rings. The zero-order valence-electron chi connectivity index (χ0n) is 23.8. The van der Waals surface area contributed by atoms with Crippen LogP contribution in [-0.2, 0) is 15.2 Å². The van der Waals surface area contributed by atoms with Crippen molar-refractivity contribution in [3.8, 4) is 22.8 Å². The Morgan fingerprint density at radius 2 is 0.766 bits per heavy atom. The maximum Gasteiger partial charge on any atom is 0.250 e. The van der Waals surface area contributed by atoms with E-state index in [-0.39, 0.29) is 34.9 Å². The van der Waals surface area contributed by atoms with Crippen LogP contribution in [0.1, 0.15) is 55.9 Å². The van der Waals surface area contributed by atoms with Crippen LogP contribution in [0.2, 0.25) is 0 Å². The summed E-state index contributed by atoms with van der Waals surface area (Å²) in [6.45, 7) is 2.88. The van der Waals surface area contributed by atoms with Crippen molar-refractivity contribution in [2.75, 3.05) is 11.4 Å². The fraction of sp³-hybridized carbons (Fsp3) is 0.357. The predicted octanol–water partition coefficient (Wildman–Crippen LogP) is 12.4. The van der Waals surface area contributed by atoms with Gasteiger partial charge in [0.1, 0.15) is 0 Å². The summed E-state index contributed by atoms with van der Waals surface area (Å²) in [6, 6.07) is 14.9. The lowest BCUT2D eigenvalue weighted by atomic mass is 10.1. The molecule has 0 N–H and O–H groups in total. The fourth-order valence-corrected chi connectivity index (χ4v) is 5.22. The van der Waals surface area contributed by atoms with Gasteiger partial charge in [-0.2, -0.15) is 0 Å². The van der Waals surface area contributed by atoms with Gasteiger partial charge in [-0.05, 0) is 55.0 Å². The number of rotatable bonds is 9. The predicted molar refractivity (Wildman–Crippen MR) is 199 cm³/mol. The largest absolute Gasteiger partial charge is 0.341 e. The SMILES string of the molecule is CCCCCCN(c1ccc(-c2nc(C(Cl)(Cl)Cl)nc(C(Cl)(Cl)Cl)n2)cc1)c1ccc(-c2nc(C(Cl)(Cl)Cl)nc(C(Cl)(Cl)Cl)n2)cc1. The van der Waals surface area contributed by atoms with E-state index in [4.69, 9.17) is 139 Å². The van der Waals surface area contributed by atoms with E-state index in [0.29, 0.717) is 11.1 Å². The fourth-order valence-electron chi connectivity index (χ4n) is 4.20. The van der Waals surface area contributed by atoms with Gasteiger partial charge in [-0.3, -0.25) is 0 Å². The average Bonchev–Trinajstić information content (AvgIpc) is 2.99. The molecule has 0 atom stereocenters. The van der Waals surface area contributed by atoms with Gasteiger partial charge in [-0.1, -0.05) is 165 Å². The molecule has 47 heavy (non-hydrogen) atoms. The van der Waals surface area contributed by atoms with Crippen molar-refractivity contribution in [2.24, 2.45) is 0 Å². The smallest absolute Gasteiger partial charge is 0.250 e. The zero-order chi connectivity index (χ0) is 34.8. The molecule has 0 aliphatic carbocycles. The molecule has 0 bridgehead atoms. The van der Waals surface area contributed by atoms with Gasteiger partial charge in [0.25, 0.3) is 0 Å². The standard InChI is InChI=1S/C28H21Cl12N7/c1-2-3-4-5-14-47(17-10-6-15(7-11-17)19-41-21(25(29,30)31)45-22(42-19)26(32,33)34)18-12-8-16(9-13-18)20-43-23(27(35,36)37)46-24(44-20)28(38,39)40/h6-13H,2-5,14H2,1H3. The number of unbranched alkanes of at least 4 members (excludes halogenated alkanes) is 3. The Balaban J connectivity index is 1.71. The Morgan fingerprint density at radius 3 is 1.04 bits per heavy atom. The maximum atomic E-state index is 6.05. The van der Waals surface area contributed by atoms with E-state index >= 15 is 0 Å². The van der Waals surface area contributed by atoms with E-state index in [0.717, 1.165) is 43.6 Å². The van der Waals surface area contributed by atoms with Crippen LogP contribution in [0, 0.1) is 0 Å². The van der Waals surface area contributed by atoms with Crippen LogP contribution in [0.3, 0.4) is 0 Å². The summed E-state index contributed by atoms with van der Waals surface area (Å²) in [7, 11) is 0. The van der Waals surface area contributed by atoms with E-state index in [2.05, 4.69) is 41.7 Å². The molecular formula is C28H21Cl12N7. The van der Waals surface area contributed by atoms with Crippen molar-refractivity contribution < 1.29 is 0 Å². The summed E-state index contributed by atoms with van der Waals surface area (Å²) in [5.74, 6) is -0.416. The number of anilines is 2. The monoisotopic (exact) mass is 875 g/mol. The lowest BCUT2D eigenvalue weighted by molar-refractivity contribution is 0.668. The molecule has 252 valence electrons. The van der Waals surface area contributed by atoms with Gasteiger partial charge in [0.15, 0.2) is 34.9 Å². The number of halogens is 12. The molecule has 7 nitrogen and oxygen atoms in total.